The molecule has 6 heteroatoms. The van der Waals surface area contributed by atoms with Crippen LogP contribution in [0.3, 0.4) is 0 Å². The summed E-state index contributed by atoms with van der Waals surface area (Å²) in [5.74, 6) is 0.669. The first-order valence-corrected chi connectivity index (χ1v) is 8.39. The standard InChI is InChI=1S/C19H16ClNO4/c20-16-8-17-15(18(9-21-17)25-19(23)24)7-14(16)11-3-1-10(2-4-11)12-5-13(22)6-12/h1-4,7-9,12-13,21-22H,5-6H2,(H,23,24)/t12-,13-. The zero-order valence-electron chi connectivity index (χ0n) is 13.2. The number of nitrogens with one attached hydrogen (secondary N) is 1. The number of aromatic amines is 1. The Labute approximate surface area is 148 Å². The van der Waals surface area contributed by atoms with E-state index in [4.69, 9.17) is 21.4 Å². The first-order chi connectivity index (χ1) is 12.0. The molecule has 0 amide bonds. The minimum absolute atomic E-state index is 0.178. The maximum absolute atomic E-state index is 10.8. The number of H-pyrrole nitrogens is 1. The number of hydrogen-bond donors (Lipinski definition) is 3. The van der Waals surface area contributed by atoms with Crippen molar-refractivity contribution in [2.24, 2.45) is 0 Å². The van der Waals surface area contributed by atoms with Crippen LogP contribution in [0.1, 0.15) is 24.3 Å². The van der Waals surface area contributed by atoms with Crippen LogP contribution < -0.4 is 4.74 Å². The van der Waals surface area contributed by atoms with Crippen molar-refractivity contribution in [2.75, 3.05) is 0 Å². The van der Waals surface area contributed by atoms with Gasteiger partial charge in [-0.2, -0.15) is 0 Å². The number of benzene rings is 2. The molecule has 3 aromatic rings. The third kappa shape index (κ3) is 2.97. The number of aromatic nitrogens is 1. The molecule has 0 aliphatic heterocycles. The number of rotatable bonds is 3. The van der Waals surface area contributed by atoms with Crippen molar-refractivity contribution >= 4 is 28.7 Å². The van der Waals surface area contributed by atoms with Gasteiger partial charge in [0.1, 0.15) is 0 Å². The monoisotopic (exact) mass is 357 g/mol. The minimum Gasteiger partial charge on any atom is -0.449 e. The van der Waals surface area contributed by atoms with E-state index in [2.05, 4.69) is 17.1 Å². The molecule has 0 radical (unpaired) electrons. The van der Waals surface area contributed by atoms with Gasteiger partial charge in [-0.1, -0.05) is 35.9 Å². The predicted octanol–water partition coefficient (Wildman–Crippen LogP) is 4.78. The molecule has 0 spiro atoms. The Morgan fingerprint density at radius 2 is 1.92 bits per heavy atom. The van der Waals surface area contributed by atoms with E-state index in [0.717, 1.165) is 24.0 Å². The van der Waals surface area contributed by atoms with Gasteiger partial charge in [0.2, 0.25) is 0 Å². The molecule has 4 rings (SSSR count). The van der Waals surface area contributed by atoms with E-state index in [1.807, 2.05) is 18.2 Å². The molecule has 1 aliphatic rings. The molecule has 1 aliphatic carbocycles. The average molecular weight is 358 g/mol. The Bertz CT molecular complexity index is 942. The topological polar surface area (TPSA) is 82.5 Å². The third-order valence-electron chi connectivity index (χ3n) is 4.73. The van der Waals surface area contributed by atoms with E-state index in [1.54, 1.807) is 6.07 Å². The number of hydrogen-bond acceptors (Lipinski definition) is 3. The van der Waals surface area contributed by atoms with Crippen LogP contribution in [0.25, 0.3) is 22.0 Å². The quantitative estimate of drug-likeness (QED) is 0.589. The number of aliphatic hydroxyl groups is 1. The molecule has 25 heavy (non-hydrogen) atoms. The van der Waals surface area contributed by atoms with Crippen LogP contribution in [0.4, 0.5) is 4.79 Å². The largest absolute Gasteiger partial charge is 0.511 e. The van der Waals surface area contributed by atoms with Crippen molar-refractivity contribution in [3.63, 3.8) is 0 Å². The van der Waals surface area contributed by atoms with E-state index in [1.165, 1.54) is 11.8 Å². The summed E-state index contributed by atoms with van der Waals surface area (Å²) in [6.45, 7) is 0. The smallest absolute Gasteiger partial charge is 0.449 e. The highest BCUT2D eigenvalue weighted by atomic mass is 35.5. The van der Waals surface area contributed by atoms with Gasteiger partial charge in [0.05, 0.1) is 16.6 Å². The Morgan fingerprint density at radius 3 is 2.56 bits per heavy atom. The van der Waals surface area contributed by atoms with Crippen LogP contribution in [0.15, 0.2) is 42.6 Å². The molecular weight excluding hydrogens is 342 g/mol. The first kappa shape index (κ1) is 16.0. The van der Waals surface area contributed by atoms with Crippen LogP contribution in [0, 0.1) is 0 Å². The maximum atomic E-state index is 10.8. The van der Waals surface area contributed by atoms with E-state index >= 15 is 0 Å². The minimum atomic E-state index is -1.36. The summed E-state index contributed by atoms with van der Waals surface area (Å²) >= 11 is 6.40. The van der Waals surface area contributed by atoms with Gasteiger partial charge in [-0.05, 0) is 42.0 Å². The first-order valence-electron chi connectivity index (χ1n) is 8.01. The second-order valence-corrected chi connectivity index (χ2v) is 6.75. The van der Waals surface area contributed by atoms with Crippen LogP contribution >= 0.6 is 11.6 Å². The average Bonchev–Trinajstić information content (AvgIpc) is 2.92. The van der Waals surface area contributed by atoms with Gasteiger partial charge in [-0.25, -0.2) is 4.79 Å². The lowest BCUT2D eigenvalue weighted by Gasteiger charge is -2.31. The zero-order chi connectivity index (χ0) is 17.6. The summed E-state index contributed by atoms with van der Waals surface area (Å²) in [7, 11) is 0. The number of ether oxygens (including phenoxy) is 1. The van der Waals surface area contributed by atoms with Crippen molar-refractivity contribution in [1.29, 1.82) is 0 Å². The van der Waals surface area contributed by atoms with Crippen LogP contribution in [0.5, 0.6) is 5.75 Å². The molecule has 5 nitrogen and oxygen atoms in total. The van der Waals surface area contributed by atoms with Crippen LogP contribution in [0.2, 0.25) is 5.02 Å². The lowest BCUT2D eigenvalue weighted by atomic mass is 9.77. The number of aliphatic hydroxyl groups excluding tert-OH is 1. The maximum Gasteiger partial charge on any atom is 0.511 e. The van der Waals surface area contributed by atoms with Gasteiger partial charge < -0.3 is 19.9 Å². The number of halogens is 1. The molecule has 0 unspecified atom stereocenters. The molecule has 128 valence electrons. The van der Waals surface area contributed by atoms with E-state index in [9.17, 15) is 9.90 Å². The summed E-state index contributed by atoms with van der Waals surface area (Å²) < 4.78 is 4.80. The second kappa shape index (κ2) is 6.10. The van der Waals surface area contributed by atoms with Gasteiger partial charge >= 0.3 is 6.16 Å². The number of carboxylic acid groups (broad SMARTS) is 1. The molecule has 3 N–H and O–H groups in total. The van der Waals surface area contributed by atoms with Crippen molar-refractivity contribution in [2.45, 2.75) is 24.9 Å². The fraction of sp³-hybridized carbons (Fsp3) is 0.211. The summed E-state index contributed by atoms with van der Waals surface area (Å²) in [5, 5.41) is 19.5. The van der Waals surface area contributed by atoms with Crippen LogP contribution in [-0.2, 0) is 0 Å². The molecule has 1 aromatic heterocycles. The van der Waals surface area contributed by atoms with Gasteiger partial charge in [0.25, 0.3) is 0 Å². The SMILES string of the molecule is O=C(O)Oc1c[nH]c2cc(Cl)c(-c3ccc([C@H]4C[C@H](O)C4)cc3)cc12. The third-order valence-corrected chi connectivity index (χ3v) is 5.05. The summed E-state index contributed by atoms with van der Waals surface area (Å²) in [5.41, 5.74) is 3.68. The van der Waals surface area contributed by atoms with Crippen molar-refractivity contribution < 1.29 is 19.7 Å². The highest BCUT2D eigenvalue weighted by molar-refractivity contribution is 6.34. The van der Waals surface area contributed by atoms with E-state index in [0.29, 0.717) is 21.8 Å². The van der Waals surface area contributed by atoms with Gasteiger partial charge in [0.15, 0.2) is 5.75 Å². The Morgan fingerprint density at radius 1 is 1.20 bits per heavy atom. The Kier molecular flexibility index (Phi) is 3.90. The fourth-order valence-electron chi connectivity index (χ4n) is 3.31. The van der Waals surface area contributed by atoms with Gasteiger partial charge in [-0.3, -0.25) is 0 Å². The molecule has 2 aromatic carbocycles. The fourth-order valence-corrected chi connectivity index (χ4v) is 3.58. The van der Waals surface area contributed by atoms with Crippen molar-refractivity contribution in [3.05, 3.63) is 53.2 Å². The molecular formula is C19H16ClNO4. The summed E-state index contributed by atoms with van der Waals surface area (Å²) in [4.78, 5) is 13.8. The molecule has 0 atom stereocenters. The predicted molar refractivity (Wildman–Crippen MR) is 95.4 cm³/mol. The molecule has 0 bridgehead atoms. The Balaban J connectivity index is 1.70. The van der Waals surface area contributed by atoms with Crippen molar-refractivity contribution in [3.8, 4) is 16.9 Å². The molecule has 1 heterocycles. The molecule has 1 fully saturated rings. The Hall–Kier alpha value is -2.50. The molecule has 0 saturated heterocycles. The summed E-state index contributed by atoms with van der Waals surface area (Å²) in [6, 6.07) is 11.7. The highest BCUT2D eigenvalue weighted by Gasteiger charge is 2.28. The zero-order valence-corrected chi connectivity index (χ0v) is 14.0. The lowest BCUT2D eigenvalue weighted by molar-refractivity contribution is 0.0746. The normalized spacial score (nSPS) is 19.6. The van der Waals surface area contributed by atoms with Crippen molar-refractivity contribution in [1.82, 2.24) is 4.98 Å². The van der Waals surface area contributed by atoms with Gasteiger partial charge in [0, 0.05) is 17.1 Å². The van der Waals surface area contributed by atoms with E-state index < -0.39 is 6.16 Å². The highest BCUT2D eigenvalue weighted by Crippen LogP contribution is 2.39. The number of carbonyl (C=O) groups is 1. The van der Waals surface area contributed by atoms with Crippen LogP contribution in [-0.4, -0.2) is 27.5 Å². The number of fused-ring (bicyclic) bond motifs is 1. The summed E-state index contributed by atoms with van der Waals surface area (Å²) in [6.07, 6.45) is 1.59. The van der Waals surface area contributed by atoms with Gasteiger partial charge in [-0.15, -0.1) is 0 Å². The van der Waals surface area contributed by atoms with E-state index in [-0.39, 0.29) is 11.9 Å². The second-order valence-electron chi connectivity index (χ2n) is 6.34. The molecule has 1 saturated carbocycles. The lowest BCUT2D eigenvalue weighted by Crippen LogP contribution is -2.26.